The van der Waals surface area contributed by atoms with Gasteiger partial charge in [-0.05, 0) is 30.7 Å². The molecule has 1 N–H and O–H groups in total. The lowest BCUT2D eigenvalue weighted by Crippen LogP contribution is -2.27. The highest BCUT2D eigenvalue weighted by molar-refractivity contribution is 5.97. The Kier molecular flexibility index (Phi) is 4.36. The van der Waals surface area contributed by atoms with Crippen LogP contribution in [0.5, 0.6) is 0 Å². The molecule has 0 aliphatic heterocycles. The maximum atomic E-state index is 12.1. The lowest BCUT2D eigenvalue weighted by molar-refractivity contribution is 0.0936. The second-order valence-electron chi connectivity index (χ2n) is 4.20. The first kappa shape index (κ1) is 13.4. The van der Waals surface area contributed by atoms with Gasteiger partial charge in [0.2, 0.25) is 0 Å². The van der Waals surface area contributed by atoms with Gasteiger partial charge in [-0.25, -0.2) is 0 Å². The predicted octanol–water partition coefficient (Wildman–Crippen LogP) is 2.63. The summed E-state index contributed by atoms with van der Waals surface area (Å²) < 4.78 is 10.3. The second kappa shape index (κ2) is 6.20. The van der Waals surface area contributed by atoms with Crippen LogP contribution in [-0.2, 0) is 4.74 Å². The number of nitrogens with one attached hydrogen (secondary N) is 1. The molecule has 2 rings (SSSR count). The molecule has 1 heterocycles. The third-order valence-corrected chi connectivity index (χ3v) is 2.96. The molecule has 4 nitrogen and oxygen atoms in total. The number of hydrogen-bond donors (Lipinski definition) is 1. The molecule has 0 atom stereocenters. The third-order valence-electron chi connectivity index (χ3n) is 2.96. The van der Waals surface area contributed by atoms with E-state index in [-0.39, 0.29) is 5.91 Å². The van der Waals surface area contributed by atoms with E-state index in [0.29, 0.717) is 18.7 Å². The largest absolute Gasteiger partial charge is 0.464 e. The summed E-state index contributed by atoms with van der Waals surface area (Å²) in [5.41, 5.74) is 2.50. The fourth-order valence-corrected chi connectivity index (χ4v) is 1.94. The number of benzene rings is 1. The fraction of sp³-hybridized carbons (Fsp3) is 0.267. The number of methoxy groups -OCH3 is 1. The normalized spacial score (nSPS) is 10.4. The molecule has 2 aromatic rings. The van der Waals surface area contributed by atoms with Crippen molar-refractivity contribution < 1.29 is 13.9 Å². The minimum Gasteiger partial charge on any atom is -0.464 e. The van der Waals surface area contributed by atoms with Crippen LogP contribution in [0.3, 0.4) is 0 Å². The first-order valence-electron chi connectivity index (χ1n) is 6.14. The van der Waals surface area contributed by atoms with E-state index < -0.39 is 0 Å². The Bertz CT molecular complexity index is 547. The molecular weight excluding hydrogens is 242 g/mol. The highest BCUT2D eigenvalue weighted by Gasteiger charge is 2.13. The Labute approximate surface area is 112 Å². The molecule has 0 saturated heterocycles. The predicted molar refractivity (Wildman–Crippen MR) is 73.1 cm³/mol. The van der Waals surface area contributed by atoms with Crippen molar-refractivity contribution >= 4 is 5.91 Å². The monoisotopic (exact) mass is 259 g/mol. The molecular formula is C15H17NO3. The summed E-state index contributed by atoms with van der Waals surface area (Å²) in [5, 5.41) is 2.82. The number of furan rings is 1. The Hall–Kier alpha value is -2.07. The molecule has 0 radical (unpaired) electrons. The number of amides is 1. The van der Waals surface area contributed by atoms with Crippen molar-refractivity contribution in [2.24, 2.45) is 0 Å². The molecule has 0 fully saturated rings. The van der Waals surface area contributed by atoms with Gasteiger partial charge in [0.25, 0.3) is 5.91 Å². The van der Waals surface area contributed by atoms with Gasteiger partial charge < -0.3 is 14.5 Å². The van der Waals surface area contributed by atoms with Crippen LogP contribution in [0.4, 0.5) is 0 Å². The van der Waals surface area contributed by atoms with Crippen LogP contribution in [0, 0.1) is 6.92 Å². The van der Waals surface area contributed by atoms with E-state index in [1.807, 2.05) is 37.3 Å². The maximum absolute atomic E-state index is 12.1. The number of rotatable bonds is 5. The number of carbonyl (C=O) groups excluding carboxylic acids is 1. The van der Waals surface area contributed by atoms with Gasteiger partial charge in [0, 0.05) is 24.8 Å². The molecule has 1 aromatic heterocycles. The quantitative estimate of drug-likeness (QED) is 0.840. The minimum absolute atomic E-state index is 0.0945. The minimum atomic E-state index is -0.0945. The zero-order chi connectivity index (χ0) is 13.7. The van der Waals surface area contributed by atoms with Crippen molar-refractivity contribution in [3.63, 3.8) is 0 Å². The highest BCUT2D eigenvalue weighted by Crippen LogP contribution is 2.25. The number of hydrogen-bond acceptors (Lipinski definition) is 3. The van der Waals surface area contributed by atoms with Crippen LogP contribution in [0.2, 0.25) is 0 Å². The molecule has 1 amide bonds. The highest BCUT2D eigenvalue weighted by atomic mass is 16.5. The Balaban J connectivity index is 2.23. The SMILES string of the molecule is COCCNC(=O)c1cccc(-c2ccco2)c1C. The molecule has 0 bridgehead atoms. The summed E-state index contributed by atoms with van der Waals surface area (Å²) in [5.74, 6) is 0.673. The molecule has 4 heteroatoms. The van der Waals surface area contributed by atoms with E-state index in [1.54, 1.807) is 13.4 Å². The van der Waals surface area contributed by atoms with Crippen molar-refractivity contribution in [3.8, 4) is 11.3 Å². The van der Waals surface area contributed by atoms with Crippen molar-refractivity contribution in [3.05, 3.63) is 47.7 Å². The van der Waals surface area contributed by atoms with Gasteiger partial charge in [-0.2, -0.15) is 0 Å². The van der Waals surface area contributed by atoms with E-state index in [4.69, 9.17) is 9.15 Å². The Morgan fingerprint density at radius 2 is 2.16 bits per heavy atom. The zero-order valence-corrected chi connectivity index (χ0v) is 11.1. The molecule has 0 saturated carbocycles. The molecule has 19 heavy (non-hydrogen) atoms. The molecule has 0 aliphatic rings. The second-order valence-corrected chi connectivity index (χ2v) is 4.20. The third kappa shape index (κ3) is 3.03. The molecule has 0 spiro atoms. The Morgan fingerprint density at radius 1 is 1.32 bits per heavy atom. The van der Waals surface area contributed by atoms with E-state index in [9.17, 15) is 4.79 Å². The van der Waals surface area contributed by atoms with Crippen LogP contribution >= 0.6 is 0 Å². The summed E-state index contributed by atoms with van der Waals surface area (Å²) in [7, 11) is 1.61. The average molecular weight is 259 g/mol. The van der Waals surface area contributed by atoms with Crippen LogP contribution in [0.15, 0.2) is 41.0 Å². The van der Waals surface area contributed by atoms with Gasteiger partial charge in [-0.15, -0.1) is 0 Å². The first-order valence-corrected chi connectivity index (χ1v) is 6.14. The van der Waals surface area contributed by atoms with Gasteiger partial charge in [0.1, 0.15) is 5.76 Å². The lowest BCUT2D eigenvalue weighted by atomic mass is 10.00. The molecule has 100 valence electrons. The van der Waals surface area contributed by atoms with E-state index in [2.05, 4.69) is 5.32 Å². The topological polar surface area (TPSA) is 51.5 Å². The van der Waals surface area contributed by atoms with Crippen LogP contribution in [0.25, 0.3) is 11.3 Å². The summed E-state index contributed by atoms with van der Waals surface area (Å²) in [6.07, 6.45) is 1.63. The number of carbonyl (C=O) groups is 1. The average Bonchev–Trinajstić information content (AvgIpc) is 2.93. The summed E-state index contributed by atoms with van der Waals surface area (Å²) in [4.78, 5) is 12.1. The fourth-order valence-electron chi connectivity index (χ4n) is 1.94. The van der Waals surface area contributed by atoms with E-state index >= 15 is 0 Å². The van der Waals surface area contributed by atoms with Gasteiger partial charge in [0.15, 0.2) is 0 Å². The van der Waals surface area contributed by atoms with Gasteiger partial charge >= 0.3 is 0 Å². The molecule has 0 aliphatic carbocycles. The van der Waals surface area contributed by atoms with Crippen LogP contribution in [0.1, 0.15) is 15.9 Å². The van der Waals surface area contributed by atoms with Crippen molar-refractivity contribution in [2.45, 2.75) is 6.92 Å². The summed E-state index contributed by atoms with van der Waals surface area (Å²) >= 11 is 0. The van der Waals surface area contributed by atoms with Gasteiger partial charge in [-0.1, -0.05) is 12.1 Å². The molecule has 0 unspecified atom stereocenters. The smallest absolute Gasteiger partial charge is 0.251 e. The number of ether oxygens (including phenoxy) is 1. The Morgan fingerprint density at radius 3 is 2.84 bits per heavy atom. The maximum Gasteiger partial charge on any atom is 0.251 e. The van der Waals surface area contributed by atoms with Crippen molar-refractivity contribution in [1.29, 1.82) is 0 Å². The van der Waals surface area contributed by atoms with Gasteiger partial charge in [0.05, 0.1) is 12.9 Å². The lowest BCUT2D eigenvalue weighted by Gasteiger charge is -2.10. The van der Waals surface area contributed by atoms with E-state index in [1.165, 1.54) is 0 Å². The molecule has 1 aromatic carbocycles. The summed E-state index contributed by atoms with van der Waals surface area (Å²) in [6, 6.07) is 9.33. The van der Waals surface area contributed by atoms with E-state index in [0.717, 1.165) is 16.9 Å². The van der Waals surface area contributed by atoms with Gasteiger partial charge in [-0.3, -0.25) is 4.79 Å². The van der Waals surface area contributed by atoms with Crippen LogP contribution in [-0.4, -0.2) is 26.2 Å². The standard InChI is InChI=1S/C15H17NO3/c1-11-12(14-7-4-9-19-14)5-3-6-13(11)15(17)16-8-10-18-2/h3-7,9H,8,10H2,1-2H3,(H,16,17). The zero-order valence-electron chi connectivity index (χ0n) is 11.1. The first-order chi connectivity index (χ1) is 9.24. The van der Waals surface area contributed by atoms with Crippen molar-refractivity contribution in [2.75, 3.05) is 20.3 Å². The van der Waals surface area contributed by atoms with Crippen LogP contribution < -0.4 is 5.32 Å². The van der Waals surface area contributed by atoms with Crippen molar-refractivity contribution in [1.82, 2.24) is 5.32 Å². The summed E-state index contributed by atoms with van der Waals surface area (Å²) in [6.45, 7) is 2.92.